The van der Waals surface area contributed by atoms with Gasteiger partial charge in [-0.05, 0) is 19.4 Å². The third kappa shape index (κ3) is 8.68. The summed E-state index contributed by atoms with van der Waals surface area (Å²) in [6.45, 7) is 0.468. The Morgan fingerprint density at radius 3 is 2.11 bits per heavy atom. The number of phosphoric ester groups is 2. The summed E-state index contributed by atoms with van der Waals surface area (Å²) in [7, 11) is -17.1. The second-order valence-electron chi connectivity index (χ2n) is 12.1. The summed E-state index contributed by atoms with van der Waals surface area (Å²) >= 11 is 0. The highest BCUT2D eigenvalue weighted by atomic mass is 31.3. The van der Waals surface area contributed by atoms with Crippen LogP contribution in [-0.4, -0.2) is 113 Å². The Morgan fingerprint density at radius 2 is 1.47 bits per heavy atom. The van der Waals surface area contributed by atoms with E-state index in [2.05, 4.69) is 42.6 Å². The molecule has 2 fully saturated rings. The molecule has 6 rings (SSSR count). The van der Waals surface area contributed by atoms with Crippen molar-refractivity contribution in [3.63, 3.8) is 0 Å². The number of hydrogen-bond donors (Lipinski definition) is 6. The number of phosphoric acid groups is 3. The molecule has 2 saturated heterocycles. The molecule has 27 nitrogen and oxygen atoms in total. The lowest BCUT2D eigenvalue weighted by atomic mass is 10.1. The molecular weight excluding hydrogens is 809 g/mol. The Kier molecular flexibility index (Phi) is 11.7. The number of aromatic nitrogens is 7. The highest BCUT2D eigenvalue weighted by molar-refractivity contribution is 7.65. The second kappa shape index (κ2) is 15.6. The van der Waals surface area contributed by atoms with Crippen molar-refractivity contribution in [2.45, 2.75) is 62.9 Å². The molecule has 30 heteroatoms. The summed E-state index contributed by atoms with van der Waals surface area (Å²) in [6, 6.07) is 0. The minimum atomic E-state index is -6.37. The molecule has 2 aliphatic heterocycles. The molecule has 0 aromatic carbocycles. The number of aliphatic hydroxyl groups is 3. The number of rotatable bonds is 15. The highest BCUT2D eigenvalue weighted by Gasteiger charge is 2.48. The highest BCUT2D eigenvalue weighted by Crippen LogP contribution is 2.63. The van der Waals surface area contributed by atoms with Crippen LogP contribution in [0.2, 0.25) is 0 Å². The van der Waals surface area contributed by atoms with Crippen LogP contribution in [0.15, 0.2) is 22.1 Å². The van der Waals surface area contributed by atoms with Gasteiger partial charge in [0.05, 0.1) is 24.9 Å². The molecule has 0 aliphatic carbocycles. The second-order valence-corrected chi connectivity index (χ2v) is 16.6. The van der Waals surface area contributed by atoms with Crippen LogP contribution in [0.5, 0.6) is 0 Å². The predicted molar refractivity (Wildman–Crippen MR) is 172 cm³/mol. The first-order valence-corrected chi connectivity index (χ1v) is 20.0. The van der Waals surface area contributed by atoms with Gasteiger partial charge >= 0.3 is 0 Å². The van der Waals surface area contributed by atoms with Crippen LogP contribution in [0.3, 0.4) is 0 Å². The Hall–Kier alpha value is -3.30. The maximum Gasteiger partial charge on any atom is 0.280 e. The van der Waals surface area contributed by atoms with Crippen LogP contribution in [0, 0.1) is 13.8 Å². The number of ether oxygens (including phenoxy) is 4. The third-order valence-corrected chi connectivity index (χ3v) is 12.3. The third-order valence-electron chi connectivity index (χ3n) is 8.21. The molecule has 4 aromatic rings. The number of hydrogen-bond acceptors (Lipinski definition) is 23. The fourth-order valence-corrected chi connectivity index (χ4v) is 9.29. The quantitative estimate of drug-likeness (QED) is 0.0497. The fraction of sp³-hybridized carbons (Fsp3) is 0.560. The first-order valence-electron chi connectivity index (χ1n) is 15.6. The van der Waals surface area contributed by atoms with E-state index in [0.29, 0.717) is 5.56 Å². The molecule has 0 bridgehead atoms. The number of anilines is 1. The van der Waals surface area contributed by atoms with Crippen molar-refractivity contribution in [3.8, 4) is 0 Å². The minimum Gasteiger partial charge on any atom is -0.756 e. The van der Waals surface area contributed by atoms with Gasteiger partial charge in [0.25, 0.3) is 34.6 Å². The van der Waals surface area contributed by atoms with Crippen molar-refractivity contribution in [1.82, 2.24) is 34.1 Å². The number of aromatic amines is 2. The van der Waals surface area contributed by atoms with Gasteiger partial charge in [0.2, 0.25) is 5.95 Å². The van der Waals surface area contributed by atoms with Crippen molar-refractivity contribution in [3.05, 3.63) is 44.6 Å². The van der Waals surface area contributed by atoms with E-state index < -0.39 is 96.9 Å². The van der Waals surface area contributed by atoms with E-state index in [1.165, 1.54) is 24.8 Å². The Labute approximate surface area is 306 Å². The van der Waals surface area contributed by atoms with Gasteiger partial charge in [-0.3, -0.25) is 32.8 Å². The number of nitrogens with zero attached hydrogens (tertiary/aromatic N) is 5. The number of imidazole rings is 1. The van der Waals surface area contributed by atoms with E-state index in [1.54, 1.807) is 6.92 Å². The number of aryl methyl sites for hydroxylation is 2. The normalized spacial score (nSPS) is 29.1. The molecule has 2 aliphatic rings. The minimum absolute atomic E-state index is 0.132. The monoisotopic (exact) mass is 841 g/mol. The number of fused-ring (bicyclic) bond motifs is 2. The summed E-state index contributed by atoms with van der Waals surface area (Å²) in [6.07, 6.45) is -10.2. The summed E-state index contributed by atoms with van der Waals surface area (Å²) in [5, 5.41) is 32.1. The largest absolute Gasteiger partial charge is 0.756 e. The van der Waals surface area contributed by atoms with E-state index in [-0.39, 0.29) is 40.8 Å². The summed E-state index contributed by atoms with van der Waals surface area (Å²) in [5.74, 6) is -0.0796. The Balaban J connectivity index is 1.07. The number of nitrogens with one attached hydrogen (secondary N) is 2. The number of nitrogens with two attached hydrogens (primary N) is 1. The molecule has 5 unspecified atom stereocenters. The Bertz CT molecular complexity index is 2330. The lowest BCUT2D eigenvalue weighted by molar-refractivity contribution is -0.252. The molecule has 0 radical (unpaired) electrons. The molecule has 0 saturated carbocycles. The van der Waals surface area contributed by atoms with Crippen LogP contribution < -0.4 is 31.5 Å². The van der Waals surface area contributed by atoms with Gasteiger partial charge in [-0.25, -0.2) is 18.6 Å². The van der Waals surface area contributed by atoms with E-state index in [0.717, 1.165) is 10.9 Å². The molecule has 11 atom stereocenters. The SMILES string of the molecule is COCOC1[C@@H](O)[C@@H](COP(=O)([O-])OP(=O)([O-])OP(=O)([O-])OC[C@H]2O[C@@H](n3cnc4c(=O)[nH]c(N)nc43)C(O)[C@H]2O)O[C@H]1n1cc(C)c2c(=O)[nH]c(C)nc21. The predicted octanol–water partition coefficient (Wildman–Crippen LogP) is -3.60. The van der Waals surface area contributed by atoms with Crippen LogP contribution in [0.25, 0.3) is 22.2 Å². The first-order chi connectivity index (χ1) is 25.7. The van der Waals surface area contributed by atoms with Crippen LogP contribution in [-0.2, 0) is 50.3 Å². The molecule has 6 heterocycles. The van der Waals surface area contributed by atoms with Crippen LogP contribution in [0.4, 0.5) is 5.95 Å². The fourth-order valence-electron chi connectivity index (χ4n) is 5.91. The maximum absolute atomic E-state index is 12.6. The average molecular weight is 841 g/mol. The zero-order valence-electron chi connectivity index (χ0n) is 28.4. The topological polar surface area (TPSA) is 395 Å². The lowest BCUT2D eigenvalue weighted by Gasteiger charge is -2.34. The first kappa shape index (κ1) is 41.3. The average Bonchev–Trinajstić information content (AvgIpc) is 3.80. The molecular formula is C25H32N8O19P3-3. The smallest absolute Gasteiger partial charge is 0.280 e. The summed E-state index contributed by atoms with van der Waals surface area (Å²) in [4.78, 5) is 78.7. The molecule has 304 valence electrons. The van der Waals surface area contributed by atoms with Crippen molar-refractivity contribution >= 4 is 51.6 Å². The number of methoxy groups -OCH3 is 1. The standard InChI is InChI=1S/C25H35N8O19P3/c1-9-4-32(19-13(9)21(37)29-10(2)28-19)24-18(46-8-45-3)16(35)12(50-24)6-48-54(41,42)52-55(43,44)51-53(39,40)47-5-11-15(34)17(36)23(49-11)33-7-27-14-20(33)30-25(26)31-22(14)38/h4,7,11-12,15-18,23-24,34-36H,5-6,8H2,1-3H3,(H,39,40)(H,41,42)(H,43,44)(H,28,29,37)(H3,26,30,31,38)/p-3/t11-,12-,15+,16+,17?,18?,23-,24-/m1/s1. The molecule has 4 aromatic heterocycles. The Morgan fingerprint density at radius 1 is 0.855 bits per heavy atom. The summed E-state index contributed by atoms with van der Waals surface area (Å²) < 4.78 is 78.1. The molecule has 0 amide bonds. The van der Waals surface area contributed by atoms with Gasteiger partial charge in [-0.15, -0.1) is 0 Å². The number of aliphatic hydroxyl groups excluding tert-OH is 3. The van der Waals surface area contributed by atoms with Crippen molar-refractivity contribution in [2.75, 3.05) is 32.9 Å². The van der Waals surface area contributed by atoms with Gasteiger partial charge in [-0.2, -0.15) is 4.98 Å². The molecule has 0 spiro atoms. The van der Waals surface area contributed by atoms with Gasteiger partial charge in [0.15, 0.2) is 23.6 Å². The maximum atomic E-state index is 12.6. The van der Waals surface area contributed by atoms with Crippen molar-refractivity contribution in [2.24, 2.45) is 0 Å². The van der Waals surface area contributed by atoms with Gasteiger partial charge in [-0.1, -0.05) is 0 Å². The number of H-pyrrole nitrogens is 2. The van der Waals surface area contributed by atoms with Gasteiger partial charge < -0.3 is 73.3 Å². The van der Waals surface area contributed by atoms with E-state index >= 15 is 0 Å². The van der Waals surface area contributed by atoms with E-state index in [1.807, 2.05) is 0 Å². The zero-order chi connectivity index (χ0) is 40.2. The lowest BCUT2D eigenvalue weighted by Crippen LogP contribution is -2.36. The molecule has 55 heavy (non-hydrogen) atoms. The van der Waals surface area contributed by atoms with E-state index in [9.17, 15) is 53.3 Å². The van der Waals surface area contributed by atoms with Crippen LogP contribution >= 0.6 is 23.5 Å². The van der Waals surface area contributed by atoms with Crippen molar-refractivity contribution in [1.29, 1.82) is 0 Å². The van der Waals surface area contributed by atoms with Gasteiger partial charge in [0.1, 0.15) is 54.9 Å². The van der Waals surface area contributed by atoms with Crippen molar-refractivity contribution < 1.29 is 80.3 Å². The molecule has 7 N–H and O–H groups in total. The number of nitrogen functional groups attached to an aromatic ring is 1. The van der Waals surface area contributed by atoms with Gasteiger partial charge in [0, 0.05) is 13.3 Å². The van der Waals surface area contributed by atoms with Crippen LogP contribution in [0.1, 0.15) is 23.8 Å². The van der Waals surface area contributed by atoms with E-state index in [4.69, 9.17) is 24.7 Å². The zero-order valence-corrected chi connectivity index (χ0v) is 31.1. The summed E-state index contributed by atoms with van der Waals surface area (Å²) in [5.41, 5.74) is 4.55.